The van der Waals surface area contributed by atoms with Gasteiger partial charge >= 0.3 is 0 Å². The molecular weight excluding hydrogens is 478 g/mol. The van der Waals surface area contributed by atoms with Crippen LogP contribution in [-0.4, -0.2) is 57.6 Å². The van der Waals surface area contributed by atoms with Crippen molar-refractivity contribution in [1.29, 1.82) is 0 Å². The van der Waals surface area contributed by atoms with Crippen molar-refractivity contribution in [2.75, 3.05) is 30.8 Å². The molecule has 0 saturated carbocycles. The summed E-state index contributed by atoms with van der Waals surface area (Å²) in [6.07, 6.45) is 1.39. The van der Waals surface area contributed by atoms with Crippen LogP contribution < -0.4 is 14.4 Å². The van der Waals surface area contributed by atoms with E-state index in [1.54, 1.807) is 6.92 Å². The fourth-order valence-corrected chi connectivity index (χ4v) is 4.70. The highest BCUT2D eigenvalue weighted by molar-refractivity contribution is 7.92. The van der Waals surface area contributed by atoms with Gasteiger partial charge in [0.05, 0.1) is 24.1 Å². The molecule has 0 saturated heterocycles. The van der Waals surface area contributed by atoms with Crippen molar-refractivity contribution < 1.29 is 22.7 Å². The third kappa shape index (κ3) is 6.87. The minimum absolute atomic E-state index is 0.169. The Labute approximate surface area is 206 Å². The second kappa shape index (κ2) is 12.1. The number of hydrogen-bond donors (Lipinski definition) is 1. The normalized spacial score (nSPS) is 12.1. The molecule has 1 atom stereocenters. The fraction of sp³-hybridized carbons (Fsp3) is 0.417. The van der Waals surface area contributed by atoms with E-state index >= 15 is 0 Å². The van der Waals surface area contributed by atoms with Crippen LogP contribution in [0.15, 0.2) is 42.5 Å². The fourth-order valence-electron chi connectivity index (χ4n) is 3.61. The van der Waals surface area contributed by atoms with Crippen LogP contribution in [0.3, 0.4) is 0 Å². The van der Waals surface area contributed by atoms with Crippen LogP contribution in [0.5, 0.6) is 5.75 Å². The van der Waals surface area contributed by atoms with Gasteiger partial charge in [0.15, 0.2) is 0 Å². The Hall–Kier alpha value is -2.78. The van der Waals surface area contributed by atoms with Crippen molar-refractivity contribution in [2.45, 2.75) is 39.8 Å². The van der Waals surface area contributed by atoms with E-state index in [1.165, 1.54) is 30.2 Å². The number of amides is 2. The van der Waals surface area contributed by atoms with Crippen molar-refractivity contribution in [1.82, 2.24) is 10.2 Å². The first-order chi connectivity index (χ1) is 16.0. The molecule has 1 N–H and O–H groups in total. The maximum Gasteiger partial charge on any atom is 0.244 e. The van der Waals surface area contributed by atoms with Crippen LogP contribution in [0.2, 0.25) is 5.02 Å². The number of sulfonamides is 1. The monoisotopic (exact) mass is 509 g/mol. The lowest BCUT2D eigenvalue weighted by molar-refractivity contribution is -0.140. The standard InChI is InChI=1S/C24H32ClN3O5S/c1-6-21(24(30)26-7-2)27(15-18-11-9-8-10-17(18)3)23(29)16-28(34(5,31)32)19-12-13-22(33-4)20(25)14-19/h8-14,21H,6-7,15-16H2,1-5H3,(H,26,30)/t21-/m0/s1. The molecule has 0 bridgehead atoms. The maximum absolute atomic E-state index is 13.6. The van der Waals surface area contributed by atoms with Crippen LogP contribution in [0, 0.1) is 6.92 Å². The van der Waals surface area contributed by atoms with Crippen molar-refractivity contribution in [3.63, 3.8) is 0 Å². The van der Waals surface area contributed by atoms with Gasteiger partial charge < -0.3 is 15.0 Å². The van der Waals surface area contributed by atoms with Crippen LogP contribution in [0.25, 0.3) is 0 Å². The van der Waals surface area contributed by atoms with Gasteiger partial charge in [-0.1, -0.05) is 42.8 Å². The first kappa shape index (κ1) is 27.5. The Morgan fingerprint density at radius 1 is 1.15 bits per heavy atom. The number of benzene rings is 2. The average Bonchev–Trinajstić information content (AvgIpc) is 2.77. The van der Waals surface area contributed by atoms with Crippen molar-refractivity contribution in [2.24, 2.45) is 0 Å². The highest BCUT2D eigenvalue weighted by Crippen LogP contribution is 2.30. The number of aryl methyl sites for hydroxylation is 1. The Morgan fingerprint density at radius 3 is 2.35 bits per heavy atom. The molecule has 34 heavy (non-hydrogen) atoms. The smallest absolute Gasteiger partial charge is 0.244 e. The van der Waals surface area contributed by atoms with Gasteiger partial charge in [-0.15, -0.1) is 0 Å². The molecule has 0 aliphatic heterocycles. The highest BCUT2D eigenvalue weighted by Gasteiger charge is 2.32. The maximum atomic E-state index is 13.6. The quantitative estimate of drug-likeness (QED) is 0.501. The molecule has 0 aromatic heterocycles. The molecule has 186 valence electrons. The molecule has 2 aromatic carbocycles. The number of hydrogen-bond acceptors (Lipinski definition) is 5. The van der Waals surface area contributed by atoms with Crippen molar-refractivity contribution in [3.8, 4) is 5.75 Å². The van der Waals surface area contributed by atoms with E-state index in [2.05, 4.69) is 5.32 Å². The van der Waals surface area contributed by atoms with Gasteiger partial charge in [-0.3, -0.25) is 13.9 Å². The summed E-state index contributed by atoms with van der Waals surface area (Å²) in [5, 5.41) is 2.99. The van der Waals surface area contributed by atoms with Gasteiger partial charge in [-0.25, -0.2) is 8.42 Å². The number of rotatable bonds is 11. The molecule has 0 unspecified atom stereocenters. The lowest BCUT2D eigenvalue weighted by Crippen LogP contribution is -2.52. The minimum Gasteiger partial charge on any atom is -0.495 e. The van der Waals surface area contributed by atoms with E-state index in [-0.39, 0.29) is 23.2 Å². The number of methoxy groups -OCH3 is 1. The van der Waals surface area contributed by atoms with E-state index in [0.29, 0.717) is 18.7 Å². The van der Waals surface area contributed by atoms with Gasteiger partial charge in [-0.2, -0.15) is 0 Å². The van der Waals surface area contributed by atoms with Gasteiger partial charge in [0.25, 0.3) is 0 Å². The van der Waals surface area contributed by atoms with Crippen molar-refractivity contribution in [3.05, 3.63) is 58.6 Å². The molecule has 10 heteroatoms. The van der Waals surface area contributed by atoms with Crippen LogP contribution in [0.4, 0.5) is 5.69 Å². The first-order valence-electron chi connectivity index (χ1n) is 11.0. The minimum atomic E-state index is -3.84. The van der Waals surface area contributed by atoms with E-state index in [1.807, 2.05) is 38.1 Å². The van der Waals surface area contributed by atoms with E-state index < -0.39 is 28.5 Å². The molecule has 0 heterocycles. The molecular formula is C24H32ClN3O5S. The Kier molecular flexibility index (Phi) is 9.76. The zero-order valence-electron chi connectivity index (χ0n) is 20.2. The summed E-state index contributed by atoms with van der Waals surface area (Å²) in [6.45, 7) is 5.65. The number of nitrogens with zero attached hydrogens (tertiary/aromatic N) is 2. The molecule has 2 rings (SSSR count). The molecule has 0 fully saturated rings. The van der Waals surface area contributed by atoms with Crippen LogP contribution in [0.1, 0.15) is 31.4 Å². The number of carbonyl (C=O) groups excluding carboxylic acids is 2. The van der Waals surface area contributed by atoms with Crippen LogP contribution in [-0.2, 0) is 26.2 Å². The third-order valence-corrected chi connectivity index (χ3v) is 6.88. The predicted molar refractivity (Wildman–Crippen MR) is 135 cm³/mol. The van der Waals surface area contributed by atoms with Gasteiger partial charge in [0.2, 0.25) is 21.8 Å². The number of anilines is 1. The number of carbonyl (C=O) groups is 2. The SMILES string of the molecule is CCNC(=O)[C@H](CC)N(Cc1ccccc1C)C(=O)CN(c1ccc(OC)c(Cl)c1)S(C)(=O)=O. The number of likely N-dealkylation sites (N-methyl/N-ethyl adjacent to an activating group) is 1. The van der Waals surface area contributed by atoms with Crippen molar-refractivity contribution >= 4 is 39.1 Å². The molecule has 0 aliphatic carbocycles. The highest BCUT2D eigenvalue weighted by atomic mass is 35.5. The Morgan fingerprint density at radius 2 is 1.82 bits per heavy atom. The van der Waals surface area contributed by atoms with E-state index in [0.717, 1.165) is 21.7 Å². The summed E-state index contributed by atoms with van der Waals surface area (Å²) in [5.41, 5.74) is 2.06. The van der Waals surface area contributed by atoms with E-state index in [4.69, 9.17) is 16.3 Å². The van der Waals surface area contributed by atoms with Gasteiger partial charge in [-0.05, 0) is 49.6 Å². The molecule has 0 radical (unpaired) electrons. The van der Waals surface area contributed by atoms with Gasteiger partial charge in [0.1, 0.15) is 18.3 Å². The molecule has 8 nitrogen and oxygen atoms in total. The zero-order valence-corrected chi connectivity index (χ0v) is 21.7. The summed E-state index contributed by atoms with van der Waals surface area (Å²) in [5.74, 6) is -0.405. The number of nitrogens with one attached hydrogen (secondary N) is 1. The second-order valence-corrected chi connectivity index (χ2v) is 10.2. The largest absolute Gasteiger partial charge is 0.495 e. The van der Waals surface area contributed by atoms with E-state index in [9.17, 15) is 18.0 Å². The Bertz CT molecular complexity index is 1120. The lowest BCUT2D eigenvalue weighted by Gasteiger charge is -2.33. The zero-order chi connectivity index (χ0) is 25.5. The third-order valence-electron chi connectivity index (χ3n) is 5.44. The second-order valence-electron chi connectivity index (χ2n) is 7.86. The molecule has 0 spiro atoms. The summed E-state index contributed by atoms with van der Waals surface area (Å²) < 4.78 is 31.4. The molecule has 2 amide bonds. The number of ether oxygens (including phenoxy) is 1. The average molecular weight is 510 g/mol. The molecule has 0 aliphatic rings. The summed E-state index contributed by atoms with van der Waals surface area (Å²) in [6, 6.07) is 11.3. The Balaban J connectivity index is 2.47. The summed E-state index contributed by atoms with van der Waals surface area (Å²) in [7, 11) is -2.39. The van der Waals surface area contributed by atoms with Crippen LogP contribution >= 0.6 is 11.6 Å². The van der Waals surface area contributed by atoms with Gasteiger partial charge in [0, 0.05) is 13.1 Å². The lowest BCUT2D eigenvalue weighted by atomic mass is 10.1. The summed E-state index contributed by atoms with van der Waals surface area (Å²) in [4.78, 5) is 27.8. The number of halogens is 1. The molecule has 2 aromatic rings. The summed E-state index contributed by atoms with van der Waals surface area (Å²) >= 11 is 6.20. The topological polar surface area (TPSA) is 96.0 Å². The predicted octanol–water partition coefficient (Wildman–Crippen LogP) is 3.37. The first-order valence-corrected chi connectivity index (χ1v) is 13.2.